The summed E-state index contributed by atoms with van der Waals surface area (Å²) in [6.45, 7) is 1.71. The summed E-state index contributed by atoms with van der Waals surface area (Å²) >= 11 is 5.86. The van der Waals surface area contributed by atoms with Crippen molar-refractivity contribution in [3.05, 3.63) is 58.1 Å². The van der Waals surface area contributed by atoms with Crippen molar-refractivity contribution < 1.29 is 13.6 Å². The van der Waals surface area contributed by atoms with Crippen LogP contribution in [0.2, 0.25) is 5.02 Å². The van der Waals surface area contributed by atoms with E-state index in [1.54, 1.807) is 13.0 Å². The molecule has 0 spiro atoms. The first-order valence-corrected chi connectivity index (χ1v) is 6.09. The van der Waals surface area contributed by atoms with E-state index >= 15 is 0 Å². The zero-order valence-corrected chi connectivity index (χ0v) is 11.3. The third-order valence-corrected chi connectivity index (χ3v) is 3.12. The minimum Gasteiger partial charge on any atom is -0.398 e. The van der Waals surface area contributed by atoms with E-state index in [1.807, 2.05) is 0 Å². The highest BCUT2D eigenvalue weighted by atomic mass is 35.5. The molecule has 20 heavy (non-hydrogen) atoms. The maximum atomic E-state index is 13.5. The number of aryl methyl sites for hydroxylation is 1. The summed E-state index contributed by atoms with van der Waals surface area (Å²) in [7, 11) is 0. The van der Waals surface area contributed by atoms with Gasteiger partial charge in [-0.3, -0.25) is 4.79 Å². The van der Waals surface area contributed by atoms with Crippen LogP contribution in [0, 0.1) is 18.6 Å². The lowest BCUT2D eigenvalue weighted by Crippen LogP contribution is -2.15. The molecule has 0 bridgehead atoms. The molecule has 2 aromatic carbocycles. The van der Waals surface area contributed by atoms with Crippen LogP contribution in [0.15, 0.2) is 30.3 Å². The number of amides is 1. The van der Waals surface area contributed by atoms with Crippen molar-refractivity contribution >= 4 is 28.9 Å². The van der Waals surface area contributed by atoms with Gasteiger partial charge in [-0.1, -0.05) is 17.7 Å². The van der Waals surface area contributed by atoms with Gasteiger partial charge in [-0.05, 0) is 36.8 Å². The van der Waals surface area contributed by atoms with Gasteiger partial charge in [-0.25, -0.2) is 8.78 Å². The van der Waals surface area contributed by atoms with Crippen molar-refractivity contribution in [1.29, 1.82) is 0 Å². The zero-order valence-electron chi connectivity index (χ0n) is 10.5. The first kappa shape index (κ1) is 14.3. The molecule has 2 aromatic rings. The van der Waals surface area contributed by atoms with Gasteiger partial charge in [0.2, 0.25) is 0 Å². The van der Waals surface area contributed by atoms with Crippen LogP contribution in [0.1, 0.15) is 15.9 Å². The number of hydrogen-bond donors (Lipinski definition) is 2. The number of nitrogen functional groups attached to an aromatic ring is 1. The number of rotatable bonds is 2. The Bertz CT molecular complexity index is 689. The van der Waals surface area contributed by atoms with E-state index in [-0.39, 0.29) is 10.6 Å². The maximum absolute atomic E-state index is 13.5. The molecule has 0 radical (unpaired) electrons. The molecule has 0 heterocycles. The van der Waals surface area contributed by atoms with E-state index in [9.17, 15) is 13.6 Å². The minimum atomic E-state index is -1.19. The Balaban J connectivity index is 2.33. The SMILES string of the molecule is Cc1cc(N)c(Cl)cc1NC(=O)c1cccc(F)c1F. The first-order chi connectivity index (χ1) is 9.40. The highest BCUT2D eigenvalue weighted by Gasteiger charge is 2.16. The van der Waals surface area contributed by atoms with Gasteiger partial charge < -0.3 is 11.1 Å². The standard InChI is InChI=1S/C14H11ClF2N2O/c1-7-5-11(18)9(15)6-12(7)19-14(20)8-3-2-4-10(16)13(8)17/h2-6H,18H2,1H3,(H,19,20). The van der Waals surface area contributed by atoms with Crippen LogP contribution in [0.4, 0.5) is 20.2 Å². The Kier molecular flexibility index (Phi) is 3.90. The van der Waals surface area contributed by atoms with E-state index in [0.717, 1.165) is 6.07 Å². The van der Waals surface area contributed by atoms with Gasteiger partial charge in [0, 0.05) is 5.69 Å². The molecular weight excluding hydrogens is 286 g/mol. The summed E-state index contributed by atoms with van der Waals surface area (Å²) in [6.07, 6.45) is 0. The molecule has 1 amide bonds. The normalized spacial score (nSPS) is 10.4. The Morgan fingerprint density at radius 2 is 2.00 bits per heavy atom. The van der Waals surface area contributed by atoms with E-state index in [0.29, 0.717) is 16.9 Å². The lowest BCUT2D eigenvalue weighted by Gasteiger charge is -2.11. The molecule has 6 heteroatoms. The fraction of sp³-hybridized carbons (Fsp3) is 0.0714. The summed E-state index contributed by atoms with van der Waals surface area (Å²) in [5.41, 5.74) is 6.67. The van der Waals surface area contributed by atoms with Crippen molar-refractivity contribution in [2.45, 2.75) is 6.92 Å². The molecule has 2 rings (SSSR count). The number of benzene rings is 2. The second kappa shape index (κ2) is 5.46. The first-order valence-electron chi connectivity index (χ1n) is 5.71. The molecule has 0 aromatic heterocycles. The number of hydrogen-bond acceptors (Lipinski definition) is 2. The summed E-state index contributed by atoms with van der Waals surface area (Å²) < 4.78 is 26.6. The molecule has 3 nitrogen and oxygen atoms in total. The third kappa shape index (κ3) is 2.72. The average molecular weight is 297 g/mol. The fourth-order valence-corrected chi connectivity index (χ4v) is 1.87. The van der Waals surface area contributed by atoms with E-state index < -0.39 is 17.5 Å². The molecule has 0 saturated heterocycles. The van der Waals surface area contributed by atoms with Crippen molar-refractivity contribution in [1.82, 2.24) is 0 Å². The van der Waals surface area contributed by atoms with Gasteiger partial charge in [0.1, 0.15) is 0 Å². The van der Waals surface area contributed by atoms with E-state index in [4.69, 9.17) is 17.3 Å². The highest BCUT2D eigenvalue weighted by molar-refractivity contribution is 6.33. The van der Waals surface area contributed by atoms with Crippen LogP contribution in [0.3, 0.4) is 0 Å². The topological polar surface area (TPSA) is 55.1 Å². The van der Waals surface area contributed by atoms with Crippen LogP contribution in [-0.4, -0.2) is 5.91 Å². The Morgan fingerprint density at radius 1 is 1.30 bits per heavy atom. The summed E-state index contributed by atoms with van der Waals surface area (Å²) in [6, 6.07) is 6.44. The minimum absolute atomic E-state index is 0.269. The van der Waals surface area contributed by atoms with Gasteiger partial charge in [0.05, 0.1) is 16.3 Å². The number of carbonyl (C=O) groups is 1. The number of carbonyl (C=O) groups excluding carboxylic acids is 1. The van der Waals surface area contributed by atoms with E-state index in [1.165, 1.54) is 18.2 Å². The van der Waals surface area contributed by atoms with E-state index in [2.05, 4.69) is 5.32 Å². The second-order valence-corrected chi connectivity index (χ2v) is 4.65. The molecule has 0 aliphatic rings. The zero-order chi connectivity index (χ0) is 14.9. The maximum Gasteiger partial charge on any atom is 0.258 e. The van der Waals surface area contributed by atoms with Crippen LogP contribution >= 0.6 is 11.6 Å². The highest BCUT2D eigenvalue weighted by Crippen LogP contribution is 2.27. The van der Waals surface area contributed by atoms with Crippen molar-refractivity contribution in [3.8, 4) is 0 Å². The predicted octanol–water partition coefficient (Wildman–Crippen LogP) is 3.76. The molecule has 0 aliphatic carbocycles. The van der Waals surface area contributed by atoms with Crippen LogP contribution in [0.25, 0.3) is 0 Å². The fourth-order valence-electron chi connectivity index (χ4n) is 1.71. The number of anilines is 2. The molecule has 0 saturated carbocycles. The van der Waals surface area contributed by atoms with Crippen molar-refractivity contribution in [3.63, 3.8) is 0 Å². The van der Waals surface area contributed by atoms with Crippen LogP contribution in [-0.2, 0) is 0 Å². The van der Waals surface area contributed by atoms with Crippen molar-refractivity contribution in [2.75, 3.05) is 11.1 Å². The van der Waals surface area contributed by atoms with Gasteiger partial charge >= 0.3 is 0 Å². The van der Waals surface area contributed by atoms with Gasteiger partial charge in [-0.2, -0.15) is 0 Å². The number of halogens is 3. The Morgan fingerprint density at radius 3 is 2.70 bits per heavy atom. The quantitative estimate of drug-likeness (QED) is 0.829. The molecule has 0 fully saturated rings. The largest absolute Gasteiger partial charge is 0.398 e. The predicted molar refractivity (Wildman–Crippen MR) is 74.9 cm³/mol. The summed E-state index contributed by atoms with van der Waals surface area (Å²) in [5, 5.41) is 2.75. The average Bonchev–Trinajstić information content (AvgIpc) is 2.39. The number of nitrogens with two attached hydrogens (primary N) is 1. The summed E-state index contributed by atoms with van der Waals surface area (Å²) in [4.78, 5) is 11.9. The van der Waals surface area contributed by atoms with Crippen molar-refractivity contribution in [2.24, 2.45) is 0 Å². The van der Waals surface area contributed by atoms with Crippen LogP contribution in [0.5, 0.6) is 0 Å². The van der Waals surface area contributed by atoms with Gasteiger partial charge in [-0.15, -0.1) is 0 Å². The number of nitrogens with one attached hydrogen (secondary N) is 1. The summed E-state index contributed by atoms with van der Waals surface area (Å²) in [5.74, 6) is -3.03. The van der Waals surface area contributed by atoms with Gasteiger partial charge in [0.15, 0.2) is 11.6 Å². The lowest BCUT2D eigenvalue weighted by atomic mass is 10.1. The molecule has 0 aliphatic heterocycles. The molecule has 0 unspecified atom stereocenters. The Labute approximate surface area is 119 Å². The molecule has 104 valence electrons. The molecule has 3 N–H and O–H groups in total. The lowest BCUT2D eigenvalue weighted by molar-refractivity contribution is 0.102. The second-order valence-electron chi connectivity index (χ2n) is 4.24. The molecular formula is C14H11ClF2N2O. The monoisotopic (exact) mass is 296 g/mol. The third-order valence-electron chi connectivity index (χ3n) is 2.79. The Hall–Kier alpha value is -2.14. The molecule has 0 atom stereocenters. The van der Waals surface area contributed by atoms with Gasteiger partial charge in [0.25, 0.3) is 5.91 Å². The smallest absolute Gasteiger partial charge is 0.258 e. The van der Waals surface area contributed by atoms with Crippen LogP contribution < -0.4 is 11.1 Å².